The number of carbonyl (C=O) groups excluding carboxylic acids is 1. The molecule has 1 atom stereocenters. The largest absolute Gasteiger partial charge is 0.322 e. The maximum Gasteiger partial charge on any atom is 0.255 e. The van der Waals surface area contributed by atoms with Crippen molar-refractivity contribution >= 4 is 17.1 Å². The maximum absolute atomic E-state index is 12.5. The lowest BCUT2D eigenvalue weighted by Gasteiger charge is -2.07. The summed E-state index contributed by atoms with van der Waals surface area (Å²) in [7, 11) is 0. The normalized spacial score (nSPS) is 16.2. The van der Waals surface area contributed by atoms with Crippen LogP contribution in [0.3, 0.4) is 0 Å². The van der Waals surface area contributed by atoms with E-state index in [-0.39, 0.29) is 5.91 Å². The Morgan fingerprint density at radius 3 is 2.66 bits per heavy atom. The Morgan fingerprint density at radius 1 is 1.07 bits per heavy atom. The molecule has 2 N–H and O–H groups in total. The fraction of sp³-hybridized carbons (Fsp3) is 0.167. The van der Waals surface area contributed by atoms with E-state index in [0.717, 1.165) is 36.5 Å². The number of nitrogens with one attached hydrogen (secondary N) is 2. The third-order valence-electron chi connectivity index (χ3n) is 5.58. The zero-order valence-electron chi connectivity index (χ0n) is 16.0. The van der Waals surface area contributed by atoms with Crippen LogP contribution in [0.1, 0.15) is 28.3 Å². The zero-order chi connectivity index (χ0) is 19.6. The second-order valence-electron chi connectivity index (χ2n) is 7.41. The Kier molecular flexibility index (Phi) is 4.58. The van der Waals surface area contributed by atoms with Crippen molar-refractivity contribution in [3.8, 4) is 11.3 Å². The number of aromatic nitrogens is 2. The molecule has 1 aliphatic rings. The Bertz CT molecular complexity index is 1140. The van der Waals surface area contributed by atoms with E-state index in [9.17, 15) is 4.79 Å². The van der Waals surface area contributed by atoms with Crippen LogP contribution in [0.2, 0.25) is 0 Å². The molecular weight excluding hydrogens is 360 g/mol. The van der Waals surface area contributed by atoms with E-state index in [0.29, 0.717) is 11.5 Å². The van der Waals surface area contributed by atoms with E-state index in [2.05, 4.69) is 32.2 Å². The Morgan fingerprint density at radius 2 is 1.90 bits per heavy atom. The highest BCUT2D eigenvalue weighted by Crippen LogP contribution is 2.33. The highest BCUT2D eigenvalue weighted by atomic mass is 16.1. The van der Waals surface area contributed by atoms with Gasteiger partial charge in [-0.05, 0) is 66.4 Å². The number of carbonyl (C=O) groups is 1. The molecule has 5 rings (SSSR count). The van der Waals surface area contributed by atoms with Crippen molar-refractivity contribution in [2.24, 2.45) is 0 Å². The minimum atomic E-state index is -0.109. The smallest absolute Gasteiger partial charge is 0.255 e. The molecule has 0 spiro atoms. The molecule has 0 bridgehead atoms. The molecule has 1 amide bonds. The lowest BCUT2D eigenvalue weighted by Crippen LogP contribution is -2.11. The molecule has 5 heteroatoms. The van der Waals surface area contributed by atoms with Crippen LogP contribution in [0.15, 0.2) is 79.3 Å². The third-order valence-corrected chi connectivity index (χ3v) is 5.58. The predicted molar refractivity (Wildman–Crippen MR) is 115 cm³/mol. The maximum atomic E-state index is 12.5. The molecule has 1 aliphatic heterocycles. The first-order valence-corrected chi connectivity index (χ1v) is 9.92. The van der Waals surface area contributed by atoms with Gasteiger partial charge < -0.3 is 15.0 Å². The van der Waals surface area contributed by atoms with Gasteiger partial charge in [0.25, 0.3) is 5.91 Å². The van der Waals surface area contributed by atoms with Crippen LogP contribution in [0.25, 0.3) is 16.8 Å². The topological polar surface area (TPSA) is 58.4 Å². The van der Waals surface area contributed by atoms with Gasteiger partial charge in [-0.25, -0.2) is 4.98 Å². The van der Waals surface area contributed by atoms with Gasteiger partial charge in [-0.3, -0.25) is 4.79 Å². The van der Waals surface area contributed by atoms with Gasteiger partial charge in [0.15, 0.2) is 0 Å². The van der Waals surface area contributed by atoms with Crippen molar-refractivity contribution in [2.75, 3.05) is 18.4 Å². The van der Waals surface area contributed by atoms with E-state index in [1.54, 1.807) is 0 Å². The summed E-state index contributed by atoms with van der Waals surface area (Å²) in [5.74, 6) is 0.416. The van der Waals surface area contributed by atoms with Crippen molar-refractivity contribution in [2.45, 2.75) is 12.3 Å². The highest BCUT2D eigenvalue weighted by molar-refractivity contribution is 6.04. The fourth-order valence-electron chi connectivity index (χ4n) is 4.07. The number of para-hydroxylation sites is 1. The summed E-state index contributed by atoms with van der Waals surface area (Å²) in [6, 6.07) is 21.6. The molecule has 0 radical (unpaired) electrons. The van der Waals surface area contributed by atoms with Crippen molar-refractivity contribution in [1.29, 1.82) is 0 Å². The summed E-state index contributed by atoms with van der Waals surface area (Å²) < 4.78 is 2.15. The van der Waals surface area contributed by atoms with Gasteiger partial charge in [0.2, 0.25) is 0 Å². The SMILES string of the molecule is O=C(Nc1ccccc1)c1ccc(-c2cc(C3CCNC3)c3ccncn23)cc1. The first-order chi connectivity index (χ1) is 14.3. The quantitative estimate of drug-likeness (QED) is 0.552. The second-order valence-corrected chi connectivity index (χ2v) is 7.41. The van der Waals surface area contributed by atoms with Gasteiger partial charge in [-0.2, -0.15) is 0 Å². The predicted octanol–water partition coefficient (Wildman–Crippen LogP) is 4.33. The van der Waals surface area contributed by atoms with E-state index in [4.69, 9.17) is 0 Å². The molecule has 2 aromatic carbocycles. The molecular formula is C24H22N4O. The van der Waals surface area contributed by atoms with Crippen molar-refractivity contribution in [1.82, 2.24) is 14.7 Å². The number of hydrogen-bond donors (Lipinski definition) is 2. The van der Waals surface area contributed by atoms with Gasteiger partial charge in [-0.1, -0.05) is 30.3 Å². The van der Waals surface area contributed by atoms with Crippen LogP contribution >= 0.6 is 0 Å². The molecule has 2 aromatic heterocycles. The second kappa shape index (κ2) is 7.53. The zero-order valence-corrected chi connectivity index (χ0v) is 16.0. The molecule has 1 fully saturated rings. The Hall–Kier alpha value is -3.44. The van der Waals surface area contributed by atoms with Crippen LogP contribution < -0.4 is 10.6 Å². The van der Waals surface area contributed by atoms with Gasteiger partial charge >= 0.3 is 0 Å². The molecule has 0 aliphatic carbocycles. The van der Waals surface area contributed by atoms with E-state index < -0.39 is 0 Å². The first-order valence-electron chi connectivity index (χ1n) is 9.92. The number of rotatable bonds is 4. The van der Waals surface area contributed by atoms with Crippen LogP contribution in [0.5, 0.6) is 0 Å². The number of hydrogen-bond acceptors (Lipinski definition) is 3. The number of benzene rings is 2. The highest BCUT2D eigenvalue weighted by Gasteiger charge is 2.22. The molecule has 29 heavy (non-hydrogen) atoms. The van der Waals surface area contributed by atoms with Gasteiger partial charge in [0.05, 0.1) is 17.5 Å². The molecule has 4 aromatic rings. The number of nitrogens with zero attached hydrogens (tertiary/aromatic N) is 2. The Labute approximate surface area is 169 Å². The summed E-state index contributed by atoms with van der Waals surface area (Å²) in [6.07, 6.45) is 4.87. The number of fused-ring (bicyclic) bond motifs is 1. The number of anilines is 1. The first kappa shape index (κ1) is 17.6. The molecule has 144 valence electrons. The summed E-state index contributed by atoms with van der Waals surface area (Å²) in [6.45, 7) is 2.08. The molecule has 3 heterocycles. The van der Waals surface area contributed by atoms with E-state index >= 15 is 0 Å². The fourth-order valence-corrected chi connectivity index (χ4v) is 4.07. The summed E-state index contributed by atoms with van der Waals surface area (Å²) in [5, 5.41) is 6.38. The summed E-state index contributed by atoms with van der Waals surface area (Å²) in [4.78, 5) is 16.8. The third kappa shape index (κ3) is 3.41. The molecule has 5 nitrogen and oxygen atoms in total. The minimum absolute atomic E-state index is 0.109. The van der Waals surface area contributed by atoms with Crippen molar-refractivity contribution < 1.29 is 4.79 Å². The molecule has 1 unspecified atom stereocenters. The van der Waals surface area contributed by atoms with Gasteiger partial charge in [0, 0.05) is 24.0 Å². The van der Waals surface area contributed by atoms with Crippen LogP contribution in [0, 0.1) is 0 Å². The lowest BCUT2D eigenvalue weighted by atomic mass is 9.98. The van der Waals surface area contributed by atoms with Crippen molar-refractivity contribution in [3.63, 3.8) is 0 Å². The van der Waals surface area contributed by atoms with Crippen LogP contribution in [-0.2, 0) is 0 Å². The lowest BCUT2D eigenvalue weighted by molar-refractivity contribution is 0.102. The Balaban J connectivity index is 1.46. The van der Waals surface area contributed by atoms with E-state index in [1.807, 2.05) is 67.1 Å². The molecule has 1 saturated heterocycles. The van der Waals surface area contributed by atoms with Crippen LogP contribution in [0.4, 0.5) is 5.69 Å². The van der Waals surface area contributed by atoms with Crippen molar-refractivity contribution in [3.05, 3.63) is 90.4 Å². The average Bonchev–Trinajstić information content (AvgIpc) is 3.43. The summed E-state index contributed by atoms with van der Waals surface area (Å²) >= 11 is 0. The van der Waals surface area contributed by atoms with Crippen LogP contribution in [-0.4, -0.2) is 28.4 Å². The standard InChI is InChI=1S/C24H22N4O/c29-24(27-20-4-2-1-3-5-20)18-8-6-17(7-9-18)23-14-21(19-10-12-25-15-19)22-11-13-26-16-28(22)23/h1-9,11,13-14,16,19,25H,10,12,15H2,(H,27,29). The van der Waals surface area contributed by atoms with E-state index in [1.165, 1.54) is 11.1 Å². The number of amides is 1. The monoisotopic (exact) mass is 382 g/mol. The molecule has 0 saturated carbocycles. The minimum Gasteiger partial charge on any atom is -0.322 e. The summed E-state index contributed by atoms with van der Waals surface area (Å²) in [5.41, 5.74) is 6.16. The van der Waals surface area contributed by atoms with Gasteiger partial charge in [-0.15, -0.1) is 0 Å². The van der Waals surface area contributed by atoms with Gasteiger partial charge in [0.1, 0.15) is 0 Å². The average molecular weight is 382 g/mol.